The number of aromatic nitrogens is 2. The molecule has 1 atom stereocenters. The van der Waals surface area contributed by atoms with E-state index in [4.69, 9.17) is 10.7 Å². The molecule has 0 aliphatic heterocycles. The van der Waals surface area contributed by atoms with Gasteiger partial charge in [0.15, 0.2) is 5.82 Å². The van der Waals surface area contributed by atoms with Crippen LogP contribution in [0.4, 0.5) is 11.5 Å². The monoisotopic (exact) mass is 616 g/mol. The minimum atomic E-state index is -4.68. The topological polar surface area (TPSA) is 152 Å². The molecule has 5 aromatic rings. The molecule has 1 aromatic heterocycles. The second kappa shape index (κ2) is 12.5. The van der Waals surface area contributed by atoms with Gasteiger partial charge in [-0.1, -0.05) is 74.0 Å². The van der Waals surface area contributed by atoms with E-state index in [1.165, 1.54) is 48.0 Å². The lowest BCUT2D eigenvalue weighted by atomic mass is 9.88. The smallest absolute Gasteiger partial charge is 0.295 e. The maximum atomic E-state index is 13.4. The fourth-order valence-corrected chi connectivity index (χ4v) is 6.90. The molecule has 0 radical (unpaired) electrons. The third-order valence-corrected chi connectivity index (χ3v) is 9.56. The summed E-state index contributed by atoms with van der Waals surface area (Å²) in [7, 11) is -8.85. The number of sulfonamides is 1. The Balaban J connectivity index is 1.63. The number of fused-ring (bicyclic) bond motifs is 1. The molecule has 222 valence electrons. The molecular formula is C32H32N4O5S2. The van der Waals surface area contributed by atoms with Crippen molar-refractivity contribution in [3.63, 3.8) is 0 Å². The fraction of sp³-hybridized carbons (Fsp3) is 0.188. The van der Waals surface area contributed by atoms with Crippen LogP contribution in [0.1, 0.15) is 43.2 Å². The van der Waals surface area contributed by atoms with Crippen molar-refractivity contribution in [3.8, 4) is 11.3 Å². The van der Waals surface area contributed by atoms with Crippen molar-refractivity contribution in [2.24, 2.45) is 0 Å². The van der Waals surface area contributed by atoms with Gasteiger partial charge in [0.1, 0.15) is 10.6 Å². The van der Waals surface area contributed by atoms with E-state index in [2.05, 4.69) is 28.8 Å². The van der Waals surface area contributed by atoms with Crippen molar-refractivity contribution in [1.82, 2.24) is 9.97 Å². The summed E-state index contributed by atoms with van der Waals surface area (Å²) in [6.07, 6.45) is 3.57. The van der Waals surface area contributed by atoms with Crippen LogP contribution in [-0.2, 0) is 26.6 Å². The summed E-state index contributed by atoms with van der Waals surface area (Å²) in [5.41, 5.74) is 9.22. The first kappa shape index (κ1) is 30.1. The Kier molecular flexibility index (Phi) is 8.77. The highest BCUT2D eigenvalue weighted by Crippen LogP contribution is 2.35. The summed E-state index contributed by atoms with van der Waals surface area (Å²) in [4.78, 5) is 8.98. The maximum absolute atomic E-state index is 13.4. The molecule has 0 fully saturated rings. The highest BCUT2D eigenvalue weighted by molar-refractivity contribution is 7.92. The second-order valence-electron chi connectivity index (χ2n) is 10.3. The van der Waals surface area contributed by atoms with Gasteiger partial charge < -0.3 is 5.73 Å². The van der Waals surface area contributed by atoms with Crippen LogP contribution in [0.25, 0.3) is 22.3 Å². The standard InChI is InChI=1S/C32H32N4O5S2/c1-2-9-22(23-10-4-3-5-11-23)16-17-24-12-8-14-28-30(24)35-31(27-13-6-7-15-29(27)43(39,40)41)32(34-28)36-42(37,38)26-20-18-25(33)19-21-26/h3-8,10-15,18-22H,2,9,16-17,33H2,1H3,(H,34,36)(H,39,40,41). The number of para-hydroxylation sites is 1. The van der Waals surface area contributed by atoms with Crippen molar-refractivity contribution in [2.45, 2.75) is 48.3 Å². The van der Waals surface area contributed by atoms with Gasteiger partial charge in [-0.15, -0.1) is 0 Å². The second-order valence-corrected chi connectivity index (χ2v) is 13.4. The number of anilines is 2. The minimum Gasteiger partial charge on any atom is -0.399 e. The van der Waals surface area contributed by atoms with E-state index in [0.717, 1.165) is 24.8 Å². The number of hydrogen-bond donors (Lipinski definition) is 3. The van der Waals surface area contributed by atoms with Gasteiger partial charge in [0.25, 0.3) is 20.1 Å². The van der Waals surface area contributed by atoms with E-state index < -0.39 is 25.0 Å². The third-order valence-electron chi connectivity index (χ3n) is 7.29. The zero-order chi connectivity index (χ0) is 30.6. The van der Waals surface area contributed by atoms with Gasteiger partial charge in [0.05, 0.1) is 15.9 Å². The van der Waals surface area contributed by atoms with Gasteiger partial charge in [-0.2, -0.15) is 8.42 Å². The van der Waals surface area contributed by atoms with Crippen molar-refractivity contribution in [3.05, 3.63) is 108 Å². The number of rotatable bonds is 11. The lowest BCUT2D eigenvalue weighted by Crippen LogP contribution is -2.16. The Labute approximate surface area is 251 Å². The summed E-state index contributed by atoms with van der Waals surface area (Å²) in [5, 5.41) is 0. The molecule has 0 aliphatic carbocycles. The zero-order valence-electron chi connectivity index (χ0n) is 23.5. The van der Waals surface area contributed by atoms with E-state index in [1.807, 2.05) is 30.3 Å². The molecule has 0 bridgehead atoms. The Morgan fingerprint density at radius 3 is 2.21 bits per heavy atom. The first-order valence-corrected chi connectivity index (χ1v) is 16.8. The Morgan fingerprint density at radius 1 is 0.814 bits per heavy atom. The number of nitrogens with one attached hydrogen (secondary N) is 1. The van der Waals surface area contributed by atoms with Crippen LogP contribution in [-0.4, -0.2) is 31.4 Å². The van der Waals surface area contributed by atoms with Crippen molar-refractivity contribution in [1.29, 1.82) is 0 Å². The van der Waals surface area contributed by atoms with Crippen LogP contribution in [0.5, 0.6) is 0 Å². The average molecular weight is 617 g/mol. The van der Waals surface area contributed by atoms with Crippen LogP contribution in [0.3, 0.4) is 0 Å². The zero-order valence-corrected chi connectivity index (χ0v) is 25.1. The van der Waals surface area contributed by atoms with Gasteiger partial charge in [-0.05, 0) is 72.7 Å². The largest absolute Gasteiger partial charge is 0.399 e. The van der Waals surface area contributed by atoms with Crippen molar-refractivity contribution < 1.29 is 21.4 Å². The molecule has 4 N–H and O–H groups in total. The summed E-state index contributed by atoms with van der Waals surface area (Å²) in [5.74, 6) is 0.158. The molecule has 0 spiro atoms. The van der Waals surface area contributed by atoms with E-state index in [-0.39, 0.29) is 22.0 Å². The fourth-order valence-electron chi connectivity index (χ4n) is 5.20. The molecule has 0 saturated carbocycles. The third kappa shape index (κ3) is 6.85. The van der Waals surface area contributed by atoms with Crippen molar-refractivity contribution in [2.75, 3.05) is 10.5 Å². The summed E-state index contributed by atoms with van der Waals surface area (Å²) in [6.45, 7) is 2.16. The Bertz CT molecular complexity index is 1970. The number of hydrogen-bond acceptors (Lipinski definition) is 7. The van der Waals surface area contributed by atoms with Gasteiger partial charge in [0, 0.05) is 11.3 Å². The van der Waals surface area contributed by atoms with Gasteiger partial charge in [-0.25, -0.2) is 18.4 Å². The van der Waals surface area contributed by atoms with Crippen LogP contribution in [0, 0.1) is 0 Å². The summed E-state index contributed by atoms with van der Waals surface area (Å²) >= 11 is 0. The normalized spacial score (nSPS) is 12.7. The number of nitrogens with two attached hydrogens (primary N) is 1. The number of benzene rings is 4. The lowest BCUT2D eigenvalue weighted by molar-refractivity contribution is 0.483. The van der Waals surface area contributed by atoms with Crippen LogP contribution in [0.2, 0.25) is 0 Å². The highest BCUT2D eigenvalue weighted by Gasteiger charge is 2.25. The average Bonchev–Trinajstić information content (AvgIpc) is 2.99. The molecule has 4 aromatic carbocycles. The summed E-state index contributed by atoms with van der Waals surface area (Å²) < 4.78 is 63.9. The molecule has 43 heavy (non-hydrogen) atoms. The molecule has 0 aliphatic rings. The maximum Gasteiger partial charge on any atom is 0.295 e. The first-order valence-electron chi connectivity index (χ1n) is 13.9. The van der Waals surface area contributed by atoms with E-state index >= 15 is 0 Å². The van der Waals surface area contributed by atoms with Gasteiger partial charge >= 0.3 is 0 Å². The van der Waals surface area contributed by atoms with Crippen molar-refractivity contribution >= 4 is 42.7 Å². The van der Waals surface area contributed by atoms with E-state index in [0.29, 0.717) is 29.1 Å². The molecule has 9 nitrogen and oxygen atoms in total. The molecule has 1 heterocycles. The lowest BCUT2D eigenvalue weighted by Gasteiger charge is -2.18. The Hall–Kier alpha value is -4.32. The predicted molar refractivity (Wildman–Crippen MR) is 169 cm³/mol. The van der Waals surface area contributed by atoms with Crippen LogP contribution in [0.15, 0.2) is 107 Å². The molecular weight excluding hydrogens is 585 g/mol. The number of nitrogen functional groups attached to an aromatic ring is 1. The Morgan fingerprint density at radius 2 is 1.51 bits per heavy atom. The van der Waals surface area contributed by atoms with Crippen LogP contribution >= 0.6 is 0 Å². The van der Waals surface area contributed by atoms with E-state index in [1.54, 1.807) is 12.1 Å². The minimum absolute atomic E-state index is 0.0114. The van der Waals surface area contributed by atoms with Crippen LogP contribution < -0.4 is 10.5 Å². The molecule has 1 unspecified atom stereocenters. The molecule has 0 amide bonds. The number of nitrogens with zero attached hydrogens (tertiary/aromatic N) is 2. The van der Waals surface area contributed by atoms with Gasteiger partial charge in [-0.3, -0.25) is 9.27 Å². The summed E-state index contributed by atoms with van der Waals surface area (Å²) in [6, 6.07) is 27.2. The number of aryl methyl sites for hydroxylation is 1. The SMILES string of the molecule is CCCC(CCc1cccc2nc(NS(=O)(=O)c3ccc(N)cc3)c(-c3ccccc3S(=O)(=O)O)nc12)c1ccccc1. The first-order chi connectivity index (χ1) is 20.6. The van der Waals surface area contributed by atoms with E-state index in [9.17, 15) is 21.4 Å². The molecule has 0 saturated heterocycles. The molecule has 11 heteroatoms. The van der Waals surface area contributed by atoms with Gasteiger partial charge in [0.2, 0.25) is 0 Å². The quantitative estimate of drug-likeness (QED) is 0.113. The predicted octanol–water partition coefficient (Wildman–Crippen LogP) is 6.44. The highest BCUT2D eigenvalue weighted by atomic mass is 32.2. The molecule has 5 rings (SSSR count).